The Morgan fingerprint density at radius 1 is 0.786 bits per heavy atom. The van der Waals surface area contributed by atoms with Gasteiger partial charge in [0.1, 0.15) is 0 Å². The maximum Gasteiger partial charge on any atom is 0.0703 e. The van der Waals surface area contributed by atoms with Gasteiger partial charge in [-0.2, -0.15) is 0 Å². The van der Waals surface area contributed by atoms with Crippen LogP contribution in [0.1, 0.15) is 57.8 Å². The van der Waals surface area contributed by atoms with Crippen molar-refractivity contribution in [3.05, 3.63) is 0 Å². The zero-order valence-electron chi connectivity index (χ0n) is 8.88. The molecule has 2 heteroatoms. The molecule has 2 rings (SSSR count). The molecule has 1 nitrogen and oxygen atoms in total. The monoisotopic (exact) mass is 260 g/mol. The second kappa shape index (κ2) is 5.50. The smallest absolute Gasteiger partial charge is 0.0703 e. The molecule has 14 heavy (non-hydrogen) atoms. The Morgan fingerprint density at radius 3 is 2.07 bits per heavy atom. The van der Waals surface area contributed by atoms with Crippen molar-refractivity contribution in [3.8, 4) is 0 Å². The van der Waals surface area contributed by atoms with E-state index in [1.165, 1.54) is 57.8 Å². The van der Waals surface area contributed by atoms with E-state index in [9.17, 15) is 0 Å². The lowest BCUT2D eigenvalue weighted by Crippen LogP contribution is -2.25. The van der Waals surface area contributed by atoms with Crippen molar-refractivity contribution >= 4 is 15.9 Å². The first-order valence-corrected chi connectivity index (χ1v) is 7.07. The summed E-state index contributed by atoms with van der Waals surface area (Å²) in [6, 6.07) is 0. The summed E-state index contributed by atoms with van der Waals surface area (Å²) in [5, 5.41) is 0. The van der Waals surface area contributed by atoms with Gasteiger partial charge in [0.15, 0.2) is 0 Å². The summed E-state index contributed by atoms with van der Waals surface area (Å²) < 4.78 is 6.20. The fourth-order valence-electron chi connectivity index (χ4n) is 2.66. The highest BCUT2D eigenvalue weighted by molar-refractivity contribution is 9.09. The molecule has 0 bridgehead atoms. The summed E-state index contributed by atoms with van der Waals surface area (Å²) in [6.45, 7) is 0. The van der Waals surface area contributed by atoms with Crippen LogP contribution in [0.4, 0.5) is 0 Å². The van der Waals surface area contributed by atoms with Gasteiger partial charge in [0, 0.05) is 4.83 Å². The van der Waals surface area contributed by atoms with Crippen LogP contribution in [0.25, 0.3) is 0 Å². The Kier molecular flexibility index (Phi) is 4.30. The minimum Gasteiger partial charge on any atom is -0.374 e. The number of rotatable bonds is 2. The molecule has 2 aliphatic rings. The average Bonchev–Trinajstić information content (AvgIpc) is 2.44. The van der Waals surface area contributed by atoms with Crippen LogP contribution < -0.4 is 0 Å². The summed E-state index contributed by atoms with van der Waals surface area (Å²) in [4.78, 5) is 0.630. The molecule has 0 amide bonds. The van der Waals surface area contributed by atoms with E-state index in [1.54, 1.807) is 0 Å². The van der Waals surface area contributed by atoms with Crippen LogP contribution in [-0.2, 0) is 4.74 Å². The maximum absolute atomic E-state index is 6.20. The first kappa shape index (κ1) is 10.9. The minimum atomic E-state index is 0.512. The van der Waals surface area contributed by atoms with Crippen molar-refractivity contribution in [2.45, 2.75) is 74.8 Å². The quantitative estimate of drug-likeness (QED) is 0.538. The van der Waals surface area contributed by atoms with Gasteiger partial charge in [0.25, 0.3) is 0 Å². The van der Waals surface area contributed by atoms with Gasteiger partial charge in [0.2, 0.25) is 0 Å². The molecule has 0 saturated heterocycles. The minimum absolute atomic E-state index is 0.512. The van der Waals surface area contributed by atoms with Crippen molar-refractivity contribution in [2.75, 3.05) is 0 Å². The van der Waals surface area contributed by atoms with Crippen LogP contribution in [0.3, 0.4) is 0 Å². The molecule has 0 aromatic rings. The highest BCUT2D eigenvalue weighted by Gasteiger charge is 2.28. The molecular formula is C12H21BrO. The number of alkyl halides is 1. The lowest BCUT2D eigenvalue weighted by atomic mass is 10.1. The summed E-state index contributed by atoms with van der Waals surface area (Å²) in [5.41, 5.74) is 0. The molecule has 2 fully saturated rings. The highest BCUT2D eigenvalue weighted by Crippen LogP contribution is 2.31. The predicted octanol–water partition coefficient (Wildman–Crippen LogP) is 4.04. The van der Waals surface area contributed by atoms with Crippen LogP contribution in [0, 0.1) is 0 Å². The van der Waals surface area contributed by atoms with Gasteiger partial charge in [-0.3, -0.25) is 0 Å². The van der Waals surface area contributed by atoms with Crippen molar-refractivity contribution < 1.29 is 4.74 Å². The van der Waals surface area contributed by atoms with Gasteiger partial charge in [-0.15, -0.1) is 0 Å². The Bertz CT molecular complexity index is 164. The van der Waals surface area contributed by atoms with E-state index in [2.05, 4.69) is 15.9 Å². The number of hydrogen-bond acceptors (Lipinski definition) is 1. The van der Waals surface area contributed by atoms with Gasteiger partial charge in [-0.05, 0) is 32.1 Å². The van der Waals surface area contributed by atoms with Crippen LogP contribution in [0.15, 0.2) is 0 Å². The van der Waals surface area contributed by atoms with E-state index in [4.69, 9.17) is 4.74 Å². The molecular weight excluding hydrogens is 240 g/mol. The fourth-order valence-corrected chi connectivity index (χ4v) is 3.37. The fraction of sp³-hybridized carbons (Fsp3) is 1.00. The van der Waals surface area contributed by atoms with Crippen molar-refractivity contribution in [2.24, 2.45) is 0 Å². The van der Waals surface area contributed by atoms with Gasteiger partial charge in [-0.25, -0.2) is 0 Å². The second-order valence-electron chi connectivity index (χ2n) is 4.74. The van der Waals surface area contributed by atoms with E-state index in [0.29, 0.717) is 17.0 Å². The van der Waals surface area contributed by atoms with Gasteiger partial charge >= 0.3 is 0 Å². The zero-order chi connectivity index (χ0) is 9.80. The summed E-state index contributed by atoms with van der Waals surface area (Å²) in [7, 11) is 0. The zero-order valence-corrected chi connectivity index (χ0v) is 10.5. The SMILES string of the molecule is BrC1CCCC1OC1CCCCCC1. The lowest BCUT2D eigenvalue weighted by molar-refractivity contribution is -0.0118. The topological polar surface area (TPSA) is 9.23 Å². The number of ether oxygens (including phenoxy) is 1. The molecule has 2 atom stereocenters. The molecule has 2 unspecified atom stereocenters. The Balaban J connectivity index is 1.77. The first-order valence-electron chi connectivity index (χ1n) is 6.16. The normalized spacial score (nSPS) is 35.8. The standard InChI is InChI=1S/C12H21BrO/c13-11-8-5-9-12(11)14-10-6-3-1-2-4-7-10/h10-12H,1-9H2. The predicted molar refractivity (Wildman–Crippen MR) is 62.9 cm³/mol. The first-order chi connectivity index (χ1) is 6.86. The largest absolute Gasteiger partial charge is 0.374 e. The van der Waals surface area contributed by atoms with Crippen LogP contribution >= 0.6 is 15.9 Å². The molecule has 2 aliphatic carbocycles. The molecule has 82 valence electrons. The number of hydrogen-bond donors (Lipinski definition) is 0. The van der Waals surface area contributed by atoms with E-state index >= 15 is 0 Å². The van der Waals surface area contributed by atoms with Gasteiger partial charge in [-0.1, -0.05) is 41.6 Å². The van der Waals surface area contributed by atoms with E-state index in [1.807, 2.05) is 0 Å². The van der Waals surface area contributed by atoms with Crippen molar-refractivity contribution in [1.29, 1.82) is 0 Å². The average molecular weight is 261 g/mol. The Labute approximate surface area is 95.7 Å². The van der Waals surface area contributed by atoms with Gasteiger partial charge in [0.05, 0.1) is 12.2 Å². The summed E-state index contributed by atoms with van der Waals surface area (Å²) in [5.74, 6) is 0. The molecule has 0 heterocycles. The van der Waals surface area contributed by atoms with E-state index in [-0.39, 0.29) is 0 Å². The Morgan fingerprint density at radius 2 is 1.50 bits per heavy atom. The molecule has 0 aliphatic heterocycles. The highest BCUT2D eigenvalue weighted by atomic mass is 79.9. The molecule has 0 aromatic heterocycles. The van der Waals surface area contributed by atoms with E-state index < -0.39 is 0 Å². The third-order valence-electron chi connectivity index (χ3n) is 3.54. The molecule has 0 aromatic carbocycles. The number of halogens is 1. The van der Waals surface area contributed by atoms with Crippen molar-refractivity contribution in [1.82, 2.24) is 0 Å². The van der Waals surface area contributed by atoms with Crippen LogP contribution in [0.2, 0.25) is 0 Å². The maximum atomic E-state index is 6.20. The molecule has 2 saturated carbocycles. The summed E-state index contributed by atoms with van der Waals surface area (Å²) in [6.07, 6.45) is 13.2. The lowest BCUT2D eigenvalue weighted by Gasteiger charge is -2.22. The second-order valence-corrected chi connectivity index (χ2v) is 5.91. The Hall–Kier alpha value is 0.440. The van der Waals surface area contributed by atoms with Crippen LogP contribution in [0.5, 0.6) is 0 Å². The van der Waals surface area contributed by atoms with Gasteiger partial charge < -0.3 is 4.74 Å². The molecule has 0 N–H and O–H groups in total. The molecule has 0 radical (unpaired) electrons. The van der Waals surface area contributed by atoms with E-state index in [0.717, 1.165) is 0 Å². The molecule has 0 spiro atoms. The summed E-state index contributed by atoms with van der Waals surface area (Å²) >= 11 is 3.73. The van der Waals surface area contributed by atoms with Crippen LogP contribution in [-0.4, -0.2) is 17.0 Å². The third kappa shape index (κ3) is 2.96. The van der Waals surface area contributed by atoms with Crippen molar-refractivity contribution in [3.63, 3.8) is 0 Å². The third-order valence-corrected chi connectivity index (χ3v) is 4.59.